The van der Waals surface area contributed by atoms with E-state index in [2.05, 4.69) is 0 Å². The number of carboxylic acid groups (broad SMARTS) is 1. The Bertz CT molecular complexity index is 603. The summed E-state index contributed by atoms with van der Waals surface area (Å²) in [6.07, 6.45) is 0. The van der Waals surface area contributed by atoms with Crippen molar-refractivity contribution in [1.82, 2.24) is 0 Å². The number of carbonyl (C=O) groups is 1. The van der Waals surface area contributed by atoms with Crippen molar-refractivity contribution in [3.63, 3.8) is 0 Å². The average Bonchev–Trinajstić information content (AvgIpc) is 2.28. The van der Waals surface area contributed by atoms with Crippen LogP contribution in [-0.4, -0.2) is 11.1 Å². The molecule has 0 aromatic heterocycles. The summed E-state index contributed by atoms with van der Waals surface area (Å²) in [4.78, 5) is 10.8. The van der Waals surface area contributed by atoms with Crippen molar-refractivity contribution >= 4 is 5.97 Å². The number of aromatic carboxylic acids is 1. The van der Waals surface area contributed by atoms with Gasteiger partial charge in [-0.1, -0.05) is 6.07 Å². The maximum Gasteiger partial charge on any atom is 0.335 e. The summed E-state index contributed by atoms with van der Waals surface area (Å²) < 4.78 is 40.2. The fourth-order valence-electron chi connectivity index (χ4n) is 1.63. The van der Waals surface area contributed by atoms with Crippen molar-refractivity contribution in [3.8, 4) is 11.1 Å². The second-order valence-corrected chi connectivity index (χ2v) is 3.63. The van der Waals surface area contributed by atoms with Crippen LogP contribution < -0.4 is 0 Å². The van der Waals surface area contributed by atoms with Crippen LogP contribution >= 0.6 is 0 Å². The van der Waals surface area contributed by atoms with E-state index >= 15 is 0 Å². The molecule has 0 saturated heterocycles. The van der Waals surface area contributed by atoms with Crippen LogP contribution in [0, 0.1) is 17.5 Å². The number of benzene rings is 2. The van der Waals surface area contributed by atoms with E-state index in [0.717, 1.165) is 30.3 Å². The molecule has 0 radical (unpaired) electrons. The van der Waals surface area contributed by atoms with Crippen molar-refractivity contribution in [2.24, 2.45) is 0 Å². The first-order chi connectivity index (χ1) is 8.49. The summed E-state index contributed by atoms with van der Waals surface area (Å²) in [5.41, 5.74) is -0.963. The Kier molecular flexibility index (Phi) is 3.06. The maximum absolute atomic E-state index is 13.5. The van der Waals surface area contributed by atoms with Gasteiger partial charge in [0.25, 0.3) is 0 Å². The number of rotatable bonds is 2. The third kappa shape index (κ3) is 2.20. The highest BCUT2D eigenvalue weighted by atomic mass is 19.1. The lowest BCUT2D eigenvalue weighted by Crippen LogP contribution is -1.99. The van der Waals surface area contributed by atoms with Crippen molar-refractivity contribution < 1.29 is 23.1 Å². The van der Waals surface area contributed by atoms with E-state index < -0.39 is 29.0 Å². The Morgan fingerprint density at radius 2 is 1.61 bits per heavy atom. The summed E-state index contributed by atoms with van der Waals surface area (Å²) in [5.74, 6) is -3.99. The molecule has 0 amide bonds. The summed E-state index contributed by atoms with van der Waals surface area (Å²) in [7, 11) is 0. The Hall–Kier alpha value is -2.30. The van der Waals surface area contributed by atoms with E-state index in [1.165, 1.54) is 6.07 Å². The Morgan fingerprint density at radius 3 is 2.17 bits per heavy atom. The molecule has 2 aromatic rings. The zero-order chi connectivity index (χ0) is 13.3. The lowest BCUT2D eigenvalue weighted by atomic mass is 10.0. The number of hydrogen-bond donors (Lipinski definition) is 1. The molecule has 0 aliphatic carbocycles. The van der Waals surface area contributed by atoms with Crippen LogP contribution in [0.25, 0.3) is 11.1 Å². The monoisotopic (exact) mass is 252 g/mol. The average molecular weight is 252 g/mol. The topological polar surface area (TPSA) is 37.3 Å². The predicted octanol–water partition coefficient (Wildman–Crippen LogP) is 3.47. The highest BCUT2D eigenvalue weighted by molar-refractivity contribution is 5.89. The molecule has 2 aromatic carbocycles. The van der Waals surface area contributed by atoms with Gasteiger partial charge in [0.1, 0.15) is 17.5 Å². The van der Waals surface area contributed by atoms with Gasteiger partial charge in [0.2, 0.25) is 0 Å². The molecule has 0 saturated carbocycles. The van der Waals surface area contributed by atoms with Gasteiger partial charge in [0.05, 0.1) is 11.1 Å². The zero-order valence-electron chi connectivity index (χ0n) is 8.95. The summed E-state index contributed by atoms with van der Waals surface area (Å²) in [6, 6.07) is 5.89. The highest BCUT2D eigenvalue weighted by Gasteiger charge is 2.14. The number of hydrogen-bond acceptors (Lipinski definition) is 1. The fraction of sp³-hybridized carbons (Fsp3) is 0. The smallest absolute Gasteiger partial charge is 0.335 e. The molecule has 2 nitrogen and oxygen atoms in total. The molecule has 0 aliphatic rings. The predicted molar refractivity (Wildman–Crippen MR) is 58.7 cm³/mol. The van der Waals surface area contributed by atoms with Crippen molar-refractivity contribution in [2.75, 3.05) is 0 Å². The van der Waals surface area contributed by atoms with Crippen LogP contribution in [0.3, 0.4) is 0 Å². The summed E-state index contributed by atoms with van der Waals surface area (Å²) in [6.45, 7) is 0. The minimum absolute atomic E-state index is 0.150. The lowest BCUT2D eigenvalue weighted by Gasteiger charge is -2.06. The molecule has 2 rings (SSSR count). The summed E-state index contributed by atoms with van der Waals surface area (Å²) in [5, 5.41) is 8.77. The Labute approximate surface area is 100 Å². The molecule has 18 heavy (non-hydrogen) atoms. The molecule has 0 aliphatic heterocycles. The van der Waals surface area contributed by atoms with Crippen LogP contribution in [0.5, 0.6) is 0 Å². The van der Waals surface area contributed by atoms with E-state index in [1.54, 1.807) is 0 Å². The lowest BCUT2D eigenvalue weighted by molar-refractivity contribution is 0.0696. The first-order valence-corrected chi connectivity index (χ1v) is 4.97. The first kappa shape index (κ1) is 12.2. The first-order valence-electron chi connectivity index (χ1n) is 4.97. The standard InChI is InChI=1S/C13H7F3O2/c14-9-5-7(4-8(6-9)13(17)18)12-10(15)2-1-3-11(12)16/h1-6H,(H,17,18). The molecule has 0 atom stereocenters. The van der Waals surface area contributed by atoms with Gasteiger partial charge in [-0.3, -0.25) is 0 Å². The van der Waals surface area contributed by atoms with Gasteiger partial charge in [0.15, 0.2) is 0 Å². The van der Waals surface area contributed by atoms with Gasteiger partial charge >= 0.3 is 5.97 Å². The van der Waals surface area contributed by atoms with Crippen LogP contribution in [0.2, 0.25) is 0 Å². The quantitative estimate of drug-likeness (QED) is 0.888. The van der Waals surface area contributed by atoms with Crippen molar-refractivity contribution in [2.45, 2.75) is 0 Å². The summed E-state index contributed by atoms with van der Waals surface area (Å²) >= 11 is 0. The molecule has 0 bridgehead atoms. The molecule has 0 spiro atoms. The van der Waals surface area contributed by atoms with E-state index in [-0.39, 0.29) is 11.1 Å². The molecule has 92 valence electrons. The second kappa shape index (κ2) is 4.52. The van der Waals surface area contributed by atoms with Crippen LogP contribution in [-0.2, 0) is 0 Å². The third-order valence-corrected chi connectivity index (χ3v) is 2.40. The van der Waals surface area contributed by atoms with E-state index in [4.69, 9.17) is 5.11 Å². The third-order valence-electron chi connectivity index (χ3n) is 2.40. The van der Waals surface area contributed by atoms with Crippen molar-refractivity contribution in [1.29, 1.82) is 0 Å². The van der Waals surface area contributed by atoms with Crippen LogP contribution in [0.1, 0.15) is 10.4 Å². The van der Waals surface area contributed by atoms with Gasteiger partial charge in [-0.15, -0.1) is 0 Å². The SMILES string of the molecule is O=C(O)c1cc(F)cc(-c2c(F)cccc2F)c1. The normalized spacial score (nSPS) is 10.4. The van der Waals surface area contributed by atoms with E-state index in [0.29, 0.717) is 0 Å². The Morgan fingerprint density at radius 1 is 1.00 bits per heavy atom. The van der Waals surface area contributed by atoms with Gasteiger partial charge in [-0.05, 0) is 35.9 Å². The number of carboxylic acids is 1. The second-order valence-electron chi connectivity index (χ2n) is 3.63. The van der Waals surface area contributed by atoms with E-state index in [1.807, 2.05) is 0 Å². The fourth-order valence-corrected chi connectivity index (χ4v) is 1.63. The van der Waals surface area contributed by atoms with Gasteiger partial charge in [-0.2, -0.15) is 0 Å². The van der Waals surface area contributed by atoms with Crippen LogP contribution in [0.15, 0.2) is 36.4 Å². The van der Waals surface area contributed by atoms with Gasteiger partial charge in [-0.25, -0.2) is 18.0 Å². The zero-order valence-corrected chi connectivity index (χ0v) is 8.95. The molecule has 0 unspecified atom stereocenters. The molecule has 1 N–H and O–H groups in total. The maximum atomic E-state index is 13.5. The number of halogens is 3. The highest BCUT2D eigenvalue weighted by Crippen LogP contribution is 2.27. The molecular weight excluding hydrogens is 245 g/mol. The molecule has 0 fully saturated rings. The molecular formula is C13H7F3O2. The molecule has 0 heterocycles. The Balaban J connectivity index is 2.68. The minimum Gasteiger partial charge on any atom is -0.478 e. The minimum atomic E-state index is -1.37. The van der Waals surface area contributed by atoms with Crippen LogP contribution in [0.4, 0.5) is 13.2 Å². The largest absolute Gasteiger partial charge is 0.478 e. The van der Waals surface area contributed by atoms with E-state index in [9.17, 15) is 18.0 Å². The van der Waals surface area contributed by atoms with Gasteiger partial charge < -0.3 is 5.11 Å². The molecule has 5 heteroatoms. The van der Waals surface area contributed by atoms with Gasteiger partial charge in [0, 0.05) is 0 Å². The van der Waals surface area contributed by atoms with Crippen molar-refractivity contribution in [3.05, 3.63) is 59.4 Å².